The number of rotatable bonds is 1. The summed E-state index contributed by atoms with van der Waals surface area (Å²) in [6.45, 7) is 0.891. The topological polar surface area (TPSA) is 26.0 Å². The van der Waals surface area contributed by atoms with Crippen molar-refractivity contribution in [2.24, 2.45) is 23.5 Å². The van der Waals surface area contributed by atoms with Gasteiger partial charge in [0.25, 0.3) is 0 Å². The largest absolute Gasteiger partial charge is 0.330 e. The van der Waals surface area contributed by atoms with Crippen molar-refractivity contribution in [2.75, 3.05) is 6.54 Å². The van der Waals surface area contributed by atoms with E-state index in [2.05, 4.69) is 12.2 Å². The van der Waals surface area contributed by atoms with Crippen LogP contribution in [0.15, 0.2) is 12.2 Å². The van der Waals surface area contributed by atoms with Crippen LogP contribution in [0.2, 0.25) is 0 Å². The summed E-state index contributed by atoms with van der Waals surface area (Å²) in [4.78, 5) is 0. The maximum Gasteiger partial charge on any atom is -0.00376 e. The van der Waals surface area contributed by atoms with E-state index >= 15 is 0 Å². The highest BCUT2D eigenvalue weighted by molar-refractivity contribution is 5.11. The molecule has 0 aromatic carbocycles. The van der Waals surface area contributed by atoms with Crippen molar-refractivity contribution in [3.8, 4) is 0 Å². The Balaban J connectivity index is 2.15. The van der Waals surface area contributed by atoms with Gasteiger partial charge in [-0.1, -0.05) is 12.2 Å². The van der Waals surface area contributed by atoms with E-state index in [1.54, 1.807) is 0 Å². The number of hydrogen-bond acceptors (Lipinski definition) is 1. The van der Waals surface area contributed by atoms with Crippen molar-refractivity contribution in [3.63, 3.8) is 0 Å². The molecule has 1 nitrogen and oxygen atoms in total. The lowest BCUT2D eigenvalue weighted by atomic mass is 9.97. The first-order valence-corrected chi connectivity index (χ1v) is 3.80. The second-order valence-corrected chi connectivity index (χ2v) is 3.19. The molecule has 0 spiro atoms. The van der Waals surface area contributed by atoms with Gasteiger partial charge in [-0.15, -0.1) is 0 Å². The molecule has 1 saturated carbocycles. The normalized spacial score (nSPS) is 46.6. The molecule has 3 atom stereocenters. The fourth-order valence-corrected chi connectivity index (χ4v) is 2.24. The molecule has 50 valence electrons. The second-order valence-electron chi connectivity index (χ2n) is 3.19. The van der Waals surface area contributed by atoms with E-state index in [0.717, 1.165) is 24.3 Å². The molecule has 0 radical (unpaired) electrons. The Labute approximate surface area is 55.9 Å². The molecule has 0 heterocycles. The van der Waals surface area contributed by atoms with Crippen molar-refractivity contribution in [3.05, 3.63) is 12.2 Å². The summed E-state index contributed by atoms with van der Waals surface area (Å²) >= 11 is 0. The molecule has 2 aliphatic rings. The lowest BCUT2D eigenvalue weighted by Gasteiger charge is -2.10. The smallest absolute Gasteiger partial charge is 0.00376 e. The Morgan fingerprint density at radius 2 is 1.78 bits per heavy atom. The van der Waals surface area contributed by atoms with Crippen LogP contribution in [0.3, 0.4) is 0 Å². The minimum atomic E-state index is 0.810. The summed E-state index contributed by atoms with van der Waals surface area (Å²) in [5, 5.41) is 0. The van der Waals surface area contributed by atoms with Gasteiger partial charge in [-0.25, -0.2) is 0 Å². The second kappa shape index (κ2) is 1.84. The van der Waals surface area contributed by atoms with Gasteiger partial charge in [-0.2, -0.15) is 0 Å². The predicted octanol–water partition coefficient (Wildman–Crippen LogP) is 1.16. The van der Waals surface area contributed by atoms with Crippen molar-refractivity contribution < 1.29 is 0 Å². The summed E-state index contributed by atoms with van der Waals surface area (Å²) in [6, 6.07) is 0. The maximum atomic E-state index is 5.61. The van der Waals surface area contributed by atoms with E-state index < -0.39 is 0 Å². The van der Waals surface area contributed by atoms with Gasteiger partial charge in [0.2, 0.25) is 0 Å². The van der Waals surface area contributed by atoms with Crippen LogP contribution in [-0.2, 0) is 0 Å². The zero-order valence-electron chi connectivity index (χ0n) is 5.59. The van der Waals surface area contributed by atoms with Gasteiger partial charge < -0.3 is 5.73 Å². The average molecular weight is 123 g/mol. The van der Waals surface area contributed by atoms with Crippen LogP contribution < -0.4 is 5.73 Å². The van der Waals surface area contributed by atoms with Crippen LogP contribution in [0.4, 0.5) is 0 Å². The summed E-state index contributed by atoms with van der Waals surface area (Å²) in [5.74, 6) is 2.50. The number of fused-ring (bicyclic) bond motifs is 2. The third-order valence-electron chi connectivity index (χ3n) is 2.81. The number of nitrogens with two attached hydrogens (primary N) is 1. The molecular formula is C8H13N. The first-order valence-electron chi connectivity index (χ1n) is 3.80. The highest BCUT2D eigenvalue weighted by atomic mass is 14.6. The van der Waals surface area contributed by atoms with Crippen LogP contribution in [-0.4, -0.2) is 6.54 Å². The molecule has 1 fully saturated rings. The van der Waals surface area contributed by atoms with Crippen molar-refractivity contribution in [1.82, 2.24) is 0 Å². The van der Waals surface area contributed by atoms with Crippen LogP contribution in [0.5, 0.6) is 0 Å². The molecule has 0 amide bonds. The lowest BCUT2D eigenvalue weighted by Crippen LogP contribution is -2.18. The molecular weight excluding hydrogens is 110 g/mol. The zero-order valence-corrected chi connectivity index (χ0v) is 5.59. The SMILES string of the molecule is NCC1[C@@H]2C=C[C@H]1CC2. The average Bonchev–Trinajstić information content (AvgIpc) is 2.44. The third kappa shape index (κ3) is 0.645. The Kier molecular flexibility index (Phi) is 1.12. The highest BCUT2D eigenvalue weighted by Gasteiger charge is 2.35. The van der Waals surface area contributed by atoms with Crippen LogP contribution >= 0.6 is 0 Å². The third-order valence-corrected chi connectivity index (χ3v) is 2.81. The quantitative estimate of drug-likeness (QED) is 0.520. The van der Waals surface area contributed by atoms with Crippen LogP contribution in [0.1, 0.15) is 12.8 Å². The molecule has 2 aliphatic carbocycles. The minimum Gasteiger partial charge on any atom is -0.330 e. The van der Waals surface area contributed by atoms with E-state index in [-0.39, 0.29) is 0 Å². The summed E-state index contributed by atoms with van der Waals surface area (Å²) in [7, 11) is 0. The molecule has 1 heteroatoms. The van der Waals surface area contributed by atoms with E-state index in [1.807, 2.05) is 0 Å². The molecule has 2 rings (SSSR count). The Hall–Kier alpha value is -0.300. The van der Waals surface area contributed by atoms with E-state index in [4.69, 9.17) is 5.73 Å². The standard InChI is InChI=1S/C8H13N/c9-5-8-6-1-2-7(8)4-3-6/h1-2,6-8H,3-5,9H2/t6-,7+,8?. The maximum absolute atomic E-state index is 5.61. The van der Waals surface area contributed by atoms with Gasteiger partial charge in [-0.3, -0.25) is 0 Å². The molecule has 0 aromatic heterocycles. The van der Waals surface area contributed by atoms with Gasteiger partial charge in [0, 0.05) is 0 Å². The first kappa shape index (κ1) is 5.48. The van der Waals surface area contributed by atoms with Gasteiger partial charge in [0.15, 0.2) is 0 Å². The van der Waals surface area contributed by atoms with Gasteiger partial charge in [0.1, 0.15) is 0 Å². The van der Waals surface area contributed by atoms with Crippen molar-refractivity contribution >= 4 is 0 Å². The number of hydrogen-bond donors (Lipinski definition) is 1. The molecule has 9 heavy (non-hydrogen) atoms. The van der Waals surface area contributed by atoms with Gasteiger partial charge in [-0.05, 0) is 37.1 Å². The summed E-state index contributed by atoms with van der Waals surface area (Å²) in [6.07, 6.45) is 7.49. The summed E-state index contributed by atoms with van der Waals surface area (Å²) in [5.41, 5.74) is 5.61. The molecule has 2 N–H and O–H groups in total. The monoisotopic (exact) mass is 123 g/mol. The summed E-state index contributed by atoms with van der Waals surface area (Å²) < 4.78 is 0. The van der Waals surface area contributed by atoms with Gasteiger partial charge >= 0.3 is 0 Å². The van der Waals surface area contributed by atoms with E-state index in [9.17, 15) is 0 Å². The minimum absolute atomic E-state index is 0.810. The highest BCUT2D eigenvalue weighted by Crippen LogP contribution is 2.43. The van der Waals surface area contributed by atoms with Gasteiger partial charge in [0.05, 0.1) is 0 Å². The molecule has 0 aromatic rings. The Bertz CT molecular complexity index is 126. The zero-order chi connectivity index (χ0) is 6.27. The Morgan fingerprint density at radius 3 is 2.00 bits per heavy atom. The Morgan fingerprint density at radius 1 is 1.22 bits per heavy atom. The first-order chi connectivity index (χ1) is 4.42. The molecule has 2 bridgehead atoms. The lowest BCUT2D eigenvalue weighted by molar-refractivity contribution is 0.441. The fraction of sp³-hybridized carbons (Fsp3) is 0.750. The van der Waals surface area contributed by atoms with E-state index in [1.165, 1.54) is 12.8 Å². The van der Waals surface area contributed by atoms with Crippen LogP contribution in [0, 0.1) is 17.8 Å². The van der Waals surface area contributed by atoms with Crippen LogP contribution in [0.25, 0.3) is 0 Å². The predicted molar refractivity (Wildman–Crippen MR) is 37.9 cm³/mol. The number of allylic oxidation sites excluding steroid dienone is 2. The van der Waals surface area contributed by atoms with E-state index in [0.29, 0.717) is 0 Å². The fourth-order valence-electron chi connectivity index (χ4n) is 2.24. The van der Waals surface area contributed by atoms with Crippen molar-refractivity contribution in [1.29, 1.82) is 0 Å². The molecule has 1 unspecified atom stereocenters. The van der Waals surface area contributed by atoms with Crippen molar-refractivity contribution in [2.45, 2.75) is 12.8 Å². The molecule has 0 saturated heterocycles. The molecule has 0 aliphatic heterocycles.